The molecule has 1 N–H and O–H groups in total. The molecule has 0 atom stereocenters. The fourth-order valence-corrected chi connectivity index (χ4v) is 4.16. The number of aryl methyl sites for hydroxylation is 1. The summed E-state index contributed by atoms with van der Waals surface area (Å²) in [5, 5.41) is 2.41. The minimum Gasteiger partial charge on any atom is -0.497 e. The van der Waals surface area contributed by atoms with Gasteiger partial charge < -0.3 is 9.30 Å². The zero-order valence-electron chi connectivity index (χ0n) is 18.0. The highest BCUT2D eigenvalue weighted by Gasteiger charge is 2.38. The molecule has 1 aliphatic rings. The number of nitrogens with zero attached hydrogens (tertiary/aromatic N) is 2. The summed E-state index contributed by atoms with van der Waals surface area (Å²) < 4.78 is 7.30. The average Bonchev–Trinajstić information content (AvgIpc) is 3.06. The van der Waals surface area contributed by atoms with Crippen LogP contribution in [0.25, 0.3) is 11.8 Å². The van der Waals surface area contributed by atoms with Crippen molar-refractivity contribution < 1.29 is 19.1 Å². The predicted molar refractivity (Wildman–Crippen MR) is 127 cm³/mol. The van der Waals surface area contributed by atoms with Gasteiger partial charge in [0, 0.05) is 23.1 Å². The lowest BCUT2D eigenvalue weighted by atomic mass is 10.1. The molecule has 1 aliphatic heterocycles. The van der Waals surface area contributed by atoms with E-state index in [4.69, 9.17) is 27.9 Å². The van der Waals surface area contributed by atoms with Crippen LogP contribution < -0.4 is 15.0 Å². The molecule has 1 aromatic heterocycles. The molecule has 2 aromatic carbocycles. The number of halogens is 2. The quantitative estimate of drug-likeness (QED) is 0.414. The Bertz CT molecular complexity index is 1340. The van der Waals surface area contributed by atoms with E-state index in [1.165, 1.54) is 18.2 Å². The Hall–Kier alpha value is -3.55. The molecule has 9 heteroatoms. The molecule has 0 aliphatic carbocycles. The van der Waals surface area contributed by atoms with E-state index in [0.29, 0.717) is 11.3 Å². The molecule has 3 aromatic rings. The highest BCUT2D eigenvalue weighted by Crippen LogP contribution is 2.34. The first-order valence-corrected chi connectivity index (χ1v) is 10.7. The lowest BCUT2D eigenvalue weighted by Gasteiger charge is -2.27. The molecule has 0 bridgehead atoms. The van der Waals surface area contributed by atoms with Gasteiger partial charge in [0.2, 0.25) is 0 Å². The van der Waals surface area contributed by atoms with E-state index in [9.17, 15) is 14.4 Å². The maximum absolute atomic E-state index is 13.2. The molecular formula is C24H19Cl2N3O4. The number of carbonyl (C=O) groups excluding carboxylic acids is 3. The highest BCUT2D eigenvalue weighted by molar-refractivity contribution is 6.46. The van der Waals surface area contributed by atoms with Gasteiger partial charge in [-0.15, -0.1) is 0 Å². The second-order valence-electron chi connectivity index (χ2n) is 7.39. The van der Waals surface area contributed by atoms with Gasteiger partial charge in [-0.3, -0.25) is 14.9 Å². The Morgan fingerprint density at radius 3 is 2.45 bits per heavy atom. The SMILES string of the molecule is COc1cccc(-n2c(C)cc(C=C3C(=O)NC(=O)N(c4cccc(Cl)c4Cl)C3=O)c2C)c1. The lowest BCUT2D eigenvalue weighted by Crippen LogP contribution is -2.54. The first kappa shape index (κ1) is 22.6. The van der Waals surface area contributed by atoms with Crippen LogP contribution in [0, 0.1) is 13.8 Å². The van der Waals surface area contributed by atoms with Crippen molar-refractivity contribution in [1.82, 2.24) is 9.88 Å². The number of benzene rings is 2. The van der Waals surface area contributed by atoms with Gasteiger partial charge in [-0.25, -0.2) is 9.69 Å². The molecule has 0 unspecified atom stereocenters. The largest absolute Gasteiger partial charge is 0.497 e. The predicted octanol–water partition coefficient (Wildman–Crippen LogP) is 5.08. The number of methoxy groups -OCH3 is 1. The maximum Gasteiger partial charge on any atom is 0.336 e. The van der Waals surface area contributed by atoms with Gasteiger partial charge in [-0.2, -0.15) is 0 Å². The molecule has 0 radical (unpaired) electrons. The Kier molecular flexibility index (Phi) is 6.01. The third-order valence-corrected chi connectivity index (χ3v) is 6.16. The van der Waals surface area contributed by atoms with Gasteiger partial charge >= 0.3 is 6.03 Å². The van der Waals surface area contributed by atoms with E-state index in [0.717, 1.165) is 22.0 Å². The van der Waals surface area contributed by atoms with E-state index >= 15 is 0 Å². The zero-order valence-corrected chi connectivity index (χ0v) is 19.5. The second-order valence-corrected chi connectivity index (χ2v) is 8.18. The second kappa shape index (κ2) is 8.77. The van der Waals surface area contributed by atoms with Crippen LogP contribution in [0.15, 0.2) is 54.1 Å². The van der Waals surface area contributed by atoms with Crippen molar-refractivity contribution in [1.29, 1.82) is 0 Å². The van der Waals surface area contributed by atoms with Crippen LogP contribution in [-0.2, 0) is 9.59 Å². The highest BCUT2D eigenvalue weighted by atomic mass is 35.5. The zero-order chi connectivity index (χ0) is 23.9. The fourth-order valence-electron chi connectivity index (χ4n) is 3.78. The number of ether oxygens (including phenoxy) is 1. The first-order chi connectivity index (χ1) is 15.7. The fraction of sp³-hybridized carbons (Fsp3) is 0.125. The molecule has 7 nitrogen and oxygen atoms in total. The summed E-state index contributed by atoms with van der Waals surface area (Å²) in [7, 11) is 1.59. The molecule has 1 saturated heterocycles. The molecule has 2 heterocycles. The van der Waals surface area contributed by atoms with Crippen molar-refractivity contribution in [2.75, 3.05) is 12.0 Å². The minimum absolute atomic E-state index is 0.0348. The van der Waals surface area contributed by atoms with Crippen LogP contribution >= 0.6 is 23.2 Å². The number of rotatable bonds is 4. The molecule has 4 rings (SSSR count). The van der Waals surface area contributed by atoms with Crippen molar-refractivity contribution in [3.63, 3.8) is 0 Å². The summed E-state index contributed by atoms with van der Waals surface area (Å²) in [6.07, 6.45) is 1.47. The summed E-state index contributed by atoms with van der Waals surface area (Å²) >= 11 is 12.3. The first-order valence-electron chi connectivity index (χ1n) is 9.91. The number of carbonyl (C=O) groups is 3. The monoisotopic (exact) mass is 483 g/mol. The Morgan fingerprint density at radius 1 is 1.00 bits per heavy atom. The number of urea groups is 1. The van der Waals surface area contributed by atoms with Crippen LogP contribution in [0.2, 0.25) is 10.0 Å². The van der Waals surface area contributed by atoms with Crippen LogP contribution in [-0.4, -0.2) is 29.5 Å². The van der Waals surface area contributed by atoms with Crippen molar-refractivity contribution in [3.8, 4) is 11.4 Å². The van der Waals surface area contributed by atoms with Crippen molar-refractivity contribution in [2.24, 2.45) is 0 Å². The number of anilines is 1. The molecule has 33 heavy (non-hydrogen) atoms. The van der Waals surface area contributed by atoms with E-state index in [1.54, 1.807) is 13.2 Å². The molecule has 0 saturated carbocycles. The lowest BCUT2D eigenvalue weighted by molar-refractivity contribution is -0.122. The smallest absolute Gasteiger partial charge is 0.336 e. The van der Waals surface area contributed by atoms with E-state index in [1.807, 2.05) is 48.7 Å². The van der Waals surface area contributed by atoms with Gasteiger partial charge in [-0.05, 0) is 55.8 Å². The van der Waals surface area contributed by atoms with Crippen LogP contribution in [0.3, 0.4) is 0 Å². The van der Waals surface area contributed by atoms with Gasteiger partial charge in [0.05, 0.1) is 22.8 Å². The Balaban J connectivity index is 1.78. The number of hydrogen-bond acceptors (Lipinski definition) is 4. The Labute approximate surface area is 200 Å². The van der Waals surface area contributed by atoms with E-state index in [-0.39, 0.29) is 21.3 Å². The average molecular weight is 484 g/mol. The Morgan fingerprint density at radius 2 is 1.73 bits per heavy atom. The summed E-state index contributed by atoms with van der Waals surface area (Å²) in [4.78, 5) is 39.1. The topological polar surface area (TPSA) is 80.6 Å². The van der Waals surface area contributed by atoms with Crippen LogP contribution in [0.4, 0.5) is 10.5 Å². The molecule has 1 fully saturated rings. The molecular weight excluding hydrogens is 465 g/mol. The number of amides is 4. The van der Waals surface area contributed by atoms with Crippen molar-refractivity contribution >= 4 is 52.8 Å². The van der Waals surface area contributed by atoms with Gasteiger partial charge in [-0.1, -0.05) is 35.3 Å². The number of imide groups is 2. The maximum atomic E-state index is 13.2. The normalized spacial score (nSPS) is 15.2. The summed E-state index contributed by atoms with van der Waals surface area (Å²) in [6.45, 7) is 3.79. The number of hydrogen-bond donors (Lipinski definition) is 1. The standard InChI is InChI=1S/C24H19Cl2N3O4/c1-13-10-15(14(2)28(13)16-6-4-7-17(12-16)33-3)11-18-22(30)27-24(32)29(23(18)31)20-9-5-8-19(25)21(20)26/h4-12H,1-3H3,(H,27,30,32). The van der Waals surface area contributed by atoms with Crippen LogP contribution in [0.1, 0.15) is 17.0 Å². The van der Waals surface area contributed by atoms with Crippen LogP contribution in [0.5, 0.6) is 5.75 Å². The number of barbiturate groups is 1. The van der Waals surface area contributed by atoms with E-state index < -0.39 is 17.8 Å². The third-order valence-electron chi connectivity index (χ3n) is 5.36. The van der Waals surface area contributed by atoms with Crippen molar-refractivity contribution in [3.05, 3.63) is 81.1 Å². The number of aromatic nitrogens is 1. The van der Waals surface area contributed by atoms with Gasteiger partial charge in [0.1, 0.15) is 11.3 Å². The summed E-state index contributed by atoms with van der Waals surface area (Å²) in [6, 6.07) is 13.1. The third kappa shape index (κ3) is 4.01. The molecule has 0 spiro atoms. The number of nitrogens with one attached hydrogen (secondary N) is 1. The van der Waals surface area contributed by atoms with Gasteiger partial charge in [0.15, 0.2) is 0 Å². The van der Waals surface area contributed by atoms with Crippen molar-refractivity contribution in [2.45, 2.75) is 13.8 Å². The molecule has 4 amide bonds. The summed E-state index contributed by atoms with van der Waals surface area (Å²) in [5.41, 5.74) is 3.11. The van der Waals surface area contributed by atoms with Gasteiger partial charge in [0.25, 0.3) is 11.8 Å². The molecule has 168 valence electrons. The summed E-state index contributed by atoms with van der Waals surface area (Å²) in [5.74, 6) is -0.876. The van der Waals surface area contributed by atoms with E-state index in [2.05, 4.69) is 5.32 Å². The minimum atomic E-state index is -0.895.